The molecule has 4 heteroatoms. The number of thioether (sulfide) groups is 1. The van der Waals surface area contributed by atoms with E-state index in [1.807, 2.05) is 54.8 Å². The van der Waals surface area contributed by atoms with Crippen molar-refractivity contribution in [2.75, 3.05) is 12.8 Å². The number of nitrogens with one attached hydrogen (secondary N) is 1. The zero-order valence-corrected chi connectivity index (χ0v) is 14.5. The quantitative estimate of drug-likeness (QED) is 0.649. The fraction of sp³-hybridized carbons (Fsp3) is 0.250. The lowest BCUT2D eigenvalue weighted by Gasteiger charge is -2.24. The molecule has 1 amide bonds. The van der Waals surface area contributed by atoms with Crippen LogP contribution in [0, 0.1) is 0 Å². The van der Waals surface area contributed by atoms with E-state index in [-0.39, 0.29) is 12.5 Å². The van der Waals surface area contributed by atoms with Gasteiger partial charge in [0, 0.05) is 11.0 Å². The van der Waals surface area contributed by atoms with Gasteiger partial charge in [0.15, 0.2) is 0 Å². The Bertz CT molecular complexity index is 754. The molecule has 1 aliphatic rings. The lowest BCUT2D eigenvalue weighted by Crippen LogP contribution is -2.38. The molecule has 0 spiro atoms. The van der Waals surface area contributed by atoms with Gasteiger partial charge in [0.2, 0.25) is 5.91 Å². The minimum absolute atomic E-state index is 0.193. The van der Waals surface area contributed by atoms with Crippen molar-refractivity contribution in [3.63, 3.8) is 0 Å². The first-order valence-corrected chi connectivity index (χ1v) is 9.24. The summed E-state index contributed by atoms with van der Waals surface area (Å²) in [5, 5.41) is 13.6. The van der Waals surface area contributed by atoms with Crippen molar-refractivity contribution in [3.8, 4) is 0 Å². The van der Waals surface area contributed by atoms with Gasteiger partial charge in [-0.15, -0.1) is 11.8 Å². The number of hydrogen-bond acceptors (Lipinski definition) is 3. The van der Waals surface area contributed by atoms with Gasteiger partial charge in [-0.3, -0.25) is 4.79 Å². The highest BCUT2D eigenvalue weighted by Crippen LogP contribution is 2.36. The molecule has 124 valence electrons. The average Bonchev–Trinajstić information content (AvgIpc) is 2.96. The van der Waals surface area contributed by atoms with E-state index in [2.05, 4.69) is 5.32 Å². The van der Waals surface area contributed by atoms with E-state index in [1.165, 1.54) is 16.5 Å². The lowest BCUT2D eigenvalue weighted by molar-refractivity contribution is -0.117. The number of fused-ring (bicyclic) bond motifs is 1. The van der Waals surface area contributed by atoms with Crippen molar-refractivity contribution in [3.05, 3.63) is 71.3 Å². The van der Waals surface area contributed by atoms with Gasteiger partial charge < -0.3 is 10.4 Å². The molecule has 1 aliphatic carbocycles. The molecule has 24 heavy (non-hydrogen) atoms. The van der Waals surface area contributed by atoms with Crippen LogP contribution >= 0.6 is 11.8 Å². The smallest absolute Gasteiger partial charge is 0.244 e. The number of carbonyl (C=O) groups excluding carboxylic acids is 1. The van der Waals surface area contributed by atoms with Crippen LogP contribution < -0.4 is 5.32 Å². The summed E-state index contributed by atoms with van der Waals surface area (Å²) in [6.07, 6.45) is 6.82. The van der Waals surface area contributed by atoms with E-state index in [9.17, 15) is 9.90 Å². The third kappa shape index (κ3) is 3.71. The number of carbonyl (C=O) groups is 1. The highest BCUT2D eigenvalue weighted by Gasteiger charge is 2.36. The minimum Gasteiger partial charge on any atom is -0.383 e. The fourth-order valence-electron chi connectivity index (χ4n) is 3.03. The number of hydrogen-bond donors (Lipinski definition) is 2. The van der Waals surface area contributed by atoms with Crippen LogP contribution in [0.15, 0.2) is 59.5 Å². The Labute approximate surface area is 146 Å². The summed E-state index contributed by atoms with van der Waals surface area (Å²) >= 11 is 1.69. The molecular formula is C20H21NO2S. The highest BCUT2D eigenvalue weighted by atomic mass is 32.2. The van der Waals surface area contributed by atoms with Crippen LogP contribution in [0.1, 0.15) is 23.1 Å². The Balaban J connectivity index is 1.58. The largest absolute Gasteiger partial charge is 0.383 e. The summed E-state index contributed by atoms with van der Waals surface area (Å²) < 4.78 is 0. The van der Waals surface area contributed by atoms with Gasteiger partial charge in [-0.05, 0) is 54.0 Å². The van der Waals surface area contributed by atoms with E-state index >= 15 is 0 Å². The van der Waals surface area contributed by atoms with Crippen LogP contribution in [-0.2, 0) is 16.8 Å². The van der Waals surface area contributed by atoms with Gasteiger partial charge in [-0.25, -0.2) is 0 Å². The maximum absolute atomic E-state index is 12.0. The molecule has 0 saturated heterocycles. The molecule has 0 unspecified atom stereocenters. The van der Waals surface area contributed by atoms with E-state index in [4.69, 9.17) is 0 Å². The Morgan fingerprint density at radius 2 is 2.00 bits per heavy atom. The molecular weight excluding hydrogens is 318 g/mol. The lowest BCUT2D eigenvalue weighted by atomic mass is 9.96. The summed E-state index contributed by atoms with van der Waals surface area (Å²) in [6, 6.07) is 15.9. The number of aryl methyl sites for hydroxylation is 1. The number of aliphatic hydroxyl groups is 1. The fourth-order valence-corrected chi connectivity index (χ4v) is 3.44. The molecule has 0 aromatic heterocycles. The molecule has 3 rings (SSSR count). The second-order valence-corrected chi connectivity index (χ2v) is 6.89. The van der Waals surface area contributed by atoms with Crippen molar-refractivity contribution in [2.45, 2.75) is 23.3 Å². The Kier molecular flexibility index (Phi) is 5.07. The molecule has 1 atom stereocenters. The van der Waals surface area contributed by atoms with Crippen molar-refractivity contribution in [1.82, 2.24) is 5.32 Å². The first-order valence-electron chi connectivity index (χ1n) is 8.01. The zero-order chi connectivity index (χ0) is 17.0. The molecule has 2 aromatic carbocycles. The van der Waals surface area contributed by atoms with Gasteiger partial charge in [0.25, 0.3) is 0 Å². The predicted molar refractivity (Wildman–Crippen MR) is 98.9 cm³/mol. The van der Waals surface area contributed by atoms with Crippen molar-refractivity contribution in [1.29, 1.82) is 0 Å². The summed E-state index contributed by atoms with van der Waals surface area (Å²) in [4.78, 5) is 13.2. The summed E-state index contributed by atoms with van der Waals surface area (Å²) in [7, 11) is 0. The van der Waals surface area contributed by atoms with E-state index < -0.39 is 5.60 Å². The zero-order valence-electron chi connectivity index (χ0n) is 13.7. The molecule has 0 heterocycles. The first kappa shape index (κ1) is 16.8. The van der Waals surface area contributed by atoms with Gasteiger partial charge in [0.05, 0.1) is 6.54 Å². The number of benzene rings is 2. The van der Waals surface area contributed by atoms with Crippen LogP contribution in [0.25, 0.3) is 6.08 Å². The minimum atomic E-state index is -0.958. The first-order chi connectivity index (χ1) is 11.6. The average molecular weight is 339 g/mol. The molecule has 0 radical (unpaired) electrons. The monoisotopic (exact) mass is 339 g/mol. The van der Waals surface area contributed by atoms with Crippen LogP contribution in [0.2, 0.25) is 0 Å². The highest BCUT2D eigenvalue weighted by molar-refractivity contribution is 7.98. The second kappa shape index (κ2) is 7.24. The van der Waals surface area contributed by atoms with Gasteiger partial charge >= 0.3 is 0 Å². The molecule has 2 aromatic rings. The SMILES string of the molecule is CSc1ccc(/C=C/C(=O)NC[C@]2(O)CCc3ccccc32)cc1. The van der Waals surface area contributed by atoms with E-state index in [0.29, 0.717) is 6.42 Å². The normalized spacial score (nSPS) is 19.4. The number of amides is 1. The summed E-state index contributed by atoms with van der Waals surface area (Å²) in [6.45, 7) is 0.235. The summed E-state index contributed by atoms with van der Waals surface area (Å²) in [5.74, 6) is -0.193. The van der Waals surface area contributed by atoms with Gasteiger partial charge in [0.1, 0.15) is 5.60 Å². The number of rotatable bonds is 5. The van der Waals surface area contributed by atoms with Gasteiger partial charge in [-0.2, -0.15) is 0 Å². The molecule has 3 nitrogen and oxygen atoms in total. The predicted octanol–water partition coefficient (Wildman–Crippen LogP) is 3.37. The molecule has 0 saturated carbocycles. The Morgan fingerprint density at radius 3 is 2.75 bits per heavy atom. The topological polar surface area (TPSA) is 49.3 Å². The Morgan fingerprint density at radius 1 is 1.25 bits per heavy atom. The second-order valence-electron chi connectivity index (χ2n) is 6.01. The standard InChI is InChI=1S/C20H21NO2S/c1-24-17-9-6-15(7-10-17)8-11-19(22)21-14-20(23)13-12-16-4-2-3-5-18(16)20/h2-11,23H,12-14H2,1H3,(H,21,22)/b11-8+/t20-/m1/s1. The van der Waals surface area contributed by atoms with Crippen LogP contribution in [0.4, 0.5) is 0 Å². The van der Waals surface area contributed by atoms with Crippen molar-refractivity contribution in [2.24, 2.45) is 0 Å². The van der Waals surface area contributed by atoms with Crippen molar-refractivity contribution < 1.29 is 9.90 Å². The maximum atomic E-state index is 12.0. The van der Waals surface area contributed by atoms with Crippen LogP contribution in [0.3, 0.4) is 0 Å². The Hall–Kier alpha value is -2.04. The molecule has 0 bridgehead atoms. The van der Waals surface area contributed by atoms with Gasteiger partial charge in [-0.1, -0.05) is 36.4 Å². The van der Waals surface area contributed by atoms with Crippen LogP contribution in [0.5, 0.6) is 0 Å². The third-order valence-electron chi connectivity index (χ3n) is 4.42. The molecule has 0 fully saturated rings. The van der Waals surface area contributed by atoms with E-state index in [1.54, 1.807) is 17.8 Å². The molecule has 0 aliphatic heterocycles. The molecule has 2 N–H and O–H groups in total. The summed E-state index contributed by atoms with van der Waals surface area (Å²) in [5.41, 5.74) is 2.12. The third-order valence-corrected chi connectivity index (χ3v) is 5.17. The maximum Gasteiger partial charge on any atom is 0.244 e. The van der Waals surface area contributed by atoms with Crippen LogP contribution in [-0.4, -0.2) is 23.8 Å². The van der Waals surface area contributed by atoms with Crippen molar-refractivity contribution >= 4 is 23.7 Å². The van der Waals surface area contributed by atoms with E-state index in [0.717, 1.165) is 17.5 Å².